The number of carbonyl (C=O) groups is 1. The van der Waals surface area contributed by atoms with E-state index >= 15 is 0 Å². The Hall–Kier alpha value is -2.70. The second kappa shape index (κ2) is 6.43. The molecule has 0 spiro atoms. The van der Waals surface area contributed by atoms with Crippen molar-refractivity contribution < 1.29 is 14.5 Å². The predicted molar refractivity (Wildman–Crippen MR) is 90.2 cm³/mol. The molecule has 0 aromatic heterocycles. The van der Waals surface area contributed by atoms with Crippen LogP contribution in [0.3, 0.4) is 0 Å². The smallest absolute Gasteiger partial charge is 0.363 e. The Morgan fingerprint density at radius 3 is 2.62 bits per heavy atom. The number of esters is 1. The van der Waals surface area contributed by atoms with Crippen molar-refractivity contribution in [2.45, 2.75) is 0 Å². The highest BCUT2D eigenvalue weighted by Crippen LogP contribution is 2.25. The van der Waals surface area contributed by atoms with Gasteiger partial charge in [-0.3, -0.25) is 10.1 Å². The van der Waals surface area contributed by atoms with E-state index in [-0.39, 0.29) is 27.9 Å². The molecule has 0 aliphatic carbocycles. The van der Waals surface area contributed by atoms with E-state index < -0.39 is 10.9 Å². The zero-order chi connectivity index (χ0) is 17.3. The molecule has 0 N–H and O–H groups in total. The summed E-state index contributed by atoms with van der Waals surface area (Å²) in [6.07, 6.45) is 1.51. The second-order valence-electron chi connectivity index (χ2n) is 4.85. The lowest BCUT2D eigenvalue weighted by atomic mass is 10.2. The first kappa shape index (κ1) is 16.2. The Morgan fingerprint density at radius 2 is 1.92 bits per heavy atom. The minimum absolute atomic E-state index is 0.0427. The molecule has 0 amide bonds. The molecule has 6 nitrogen and oxygen atoms in total. The summed E-state index contributed by atoms with van der Waals surface area (Å²) in [6.45, 7) is 0. The number of rotatable bonds is 3. The summed E-state index contributed by atoms with van der Waals surface area (Å²) in [5, 5.41) is 11.6. The van der Waals surface area contributed by atoms with Gasteiger partial charge in [0.05, 0.1) is 4.92 Å². The third-order valence-electron chi connectivity index (χ3n) is 3.11. The van der Waals surface area contributed by atoms with Gasteiger partial charge in [-0.2, -0.15) is 0 Å². The summed E-state index contributed by atoms with van der Waals surface area (Å²) in [4.78, 5) is 26.3. The number of non-ortho nitro benzene ring substituents is 1. The quantitative estimate of drug-likeness (QED) is 0.353. The first-order valence-corrected chi connectivity index (χ1v) is 7.41. The fourth-order valence-corrected chi connectivity index (χ4v) is 2.52. The number of nitro groups is 1. The van der Waals surface area contributed by atoms with Crippen molar-refractivity contribution in [2.24, 2.45) is 4.99 Å². The van der Waals surface area contributed by atoms with Crippen LogP contribution in [0.5, 0.6) is 0 Å². The summed E-state index contributed by atoms with van der Waals surface area (Å²) in [5.41, 5.74) is 0.770. The minimum Gasteiger partial charge on any atom is -0.402 e. The summed E-state index contributed by atoms with van der Waals surface area (Å²) >= 11 is 11.8. The Bertz CT molecular complexity index is 922. The number of cyclic esters (lactones) is 1. The molecule has 1 heterocycles. The average molecular weight is 363 g/mol. The Morgan fingerprint density at radius 1 is 1.12 bits per heavy atom. The van der Waals surface area contributed by atoms with Crippen molar-refractivity contribution in [3.8, 4) is 0 Å². The van der Waals surface area contributed by atoms with Crippen LogP contribution in [0.4, 0.5) is 5.69 Å². The van der Waals surface area contributed by atoms with Crippen molar-refractivity contribution in [2.75, 3.05) is 0 Å². The molecule has 0 bridgehead atoms. The summed E-state index contributed by atoms with van der Waals surface area (Å²) in [7, 11) is 0. The van der Waals surface area contributed by atoms with Crippen molar-refractivity contribution in [1.29, 1.82) is 0 Å². The molecule has 0 unspecified atom stereocenters. The number of hydrogen-bond donors (Lipinski definition) is 0. The Labute approximate surface area is 146 Å². The number of halogens is 2. The van der Waals surface area contributed by atoms with Gasteiger partial charge in [0.15, 0.2) is 5.70 Å². The van der Waals surface area contributed by atoms with Gasteiger partial charge in [0.25, 0.3) is 5.69 Å². The van der Waals surface area contributed by atoms with Crippen molar-refractivity contribution in [3.63, 3.8) is 0 Å². The van der Waals surface area contributed by atoms with E-state index in [0.717, 1.165) is 0 Å². The minimum atomic E-state index is -0.660. The topological polar surface area (TPSA) is 81.8 Å². The molecule has 0 fully saturated rings. The largest absolute Gasteiger partial charge is 0.402 e. The average Bonchev–Trinajstić information content (AvgIpc) is 2.88. The number of hydrogen-bond acceptors (Lipinski definition) is 5. The molecule has 1 aliphatic heterocycles. The highest BCUT2D eigenvalue weighted by Gasteiger charge is 2.25. The second-order valence-corrected chi connectivity index (χ2v) is 5.72. The van der Waals surface area contributed by atoms with Crippen molar-refractivity contribution >= 4 is 46.8 Å². The first-order valence-electron chi connectivity index (χ1n) is 6.66. The van der Waals surface area contributed by atoms with Gasteiger partial charge in [0.2, 0.25) is 5.90 Å². The number of carbonyl (C=O) groups excluding carboxylic acids is 1. The van der Waals surface area contributed by atoms with E-state index in [1.54, 1.807) is 24.3 Å². The molecule has 0 saturated heterocycles. The van der Waals surface area contributed by atoms with E-state index in [4.69, 9.17) is 27.9 Å². The molecule has 2 aromatic carbocycles. The number of nitro benzene ring substituents is 1. The van der Waals surface area contributed by atoms with Gasteiger partial charge in [0, 0.05) is 27.7 Å². The lowest BCUT2D eigenvalue weighted by molar-refractivity contribution is -0.384. The first-order chi connectivity index (χ1) is 11.4. The molecule has 2 aromatic rings. The number of benzene rings is 2. The summed E-state index contributed by atoms with van der Waals surface area (Å²) in [6, 6.07) is 10.7. The van der Waals surface area contributed by atoms with E-state index in [2.05, 4.69) is 4.99 Å². The Kier molecular flexibility index (Phi) is 4.33. The monoisotopic (exact) mass is 362 g/mol. The SMILES string of the molecule is O=C1OC(c2cc(Cl)cc([N+](=O)[O-])c2)=NC1=Cc1cccc(Cl)c1. The van der Waals surface area contributed by atoms with Gasteiger partial charge >= 0.3 is 5.97 Å². The fraction of sp³-hybridized carbons (Fsp3) is 0. The molecule has 1 aliphatic rings. The molecule has 0 atom stereocenters. The predicted octanol–water partition coefficient (Wildman–Crippen LogP) is 4.25. The third kappa shape index (κ3) is 3.45. The van der Waals surface area contributed by atoms with Crippen LogP contribution >= 0.6 is 23.2 Å². The molecule has 120 valence electrons. The van der Waals surface area contributed by atoms with E-state index in [1.165, 1.54) is 24.3 Å². The van der Waals surface area contributed by atoms with Gasteiger partial charge in [-0.05, 0) is 29.8 Å². The molecule has 8 heteroatoms. The number of ether oxygens (including phenoxy) is 1. The van der Waals surface area contributed by atoms with Gasteiger partial charge in [-0.15, -0.1) is 0 Å². The summed E-state index contributed by atoms with van der Waals surface area (Å²) in [5.74, 6) is -0.702. The van der Waals surface area contributed by atoms with Crippen LogP contribution in [-0.4, -0.2) is 16.8 Å². The lowest BCUT2D eigenvalue weighted by Crippen LogP contribution is -2.06. The van der Waals surface area contributed by atoms with Crippen LogP contribution < -0.4 is 0 Å². The lowest BCUT2D eigenvalue weighted by Gasteiger charge is -2.00. The zero-order valence-electron chi connectivity index (χ0n) is 11.9. The molecule has 3 rings (SSSR count). The van der Waals surface area contributed by atoms with Crippen LogP contribution in [0, 0.1) is 10.1 Å². The molecular formula is C16H8Cl2N2O4. The van der Waals surface area contributed by atoms with Crippen LogP contribution in [0.25, 0.3) is 6.08 Å². The normalized spacial score (nSPS) is 15.3. The standard InChI is InChI=1S/C16H8Cl2N2O4/c17-11-3-1-2-9(4-11)5-14-16(21)24-15(19-14)10-6-12(18)8-13(7-10)20(22)23/h1-8H. The van der Waals surface area contributed by atoms with Crippen LogP contribution in [0.1, 0.15) is 11.1 Å². The molecule has 0 saturated carbocycles. The highest BCUT2D eigenvalue weighted by atomic mass is 35.5. The molecular weight excluding hydrogens is 355 g/mol. The number of aliphatic imine (C=N–C) groups is 1. The zero-order valence-corrected chi connectivity index (χ0v) is 13.4. The maximum absolute atomic E-state index is 11.9. The van der Waals surface area contributed by atoms with Crippen molar-refractivity contribution in [3.05, 3.63) is 79.4 Å². The maximum atomic E-state index is 11.9. The van der Waals surface area contributed by atoms with Crippen LogP contribution in [-0.2, 0) is 9.53 Å². The maximum Gasteiger partial charge on any atom is 0.363 e. The van der Waals surface area contributed by atoms with E-state index in [1.807, 2.05) is 0 Å². The summed E-state index contributed by atoms with van der Waals surface area (Å²) < 4.78 is 5.08. The number of nitrogens with zero attached hydrogens (tertiary/aromatic N) is 2. The molecule has 24 heavy (non-hydrogen) atoms. The van der Waals surface area contributed by atoms with Crippen LogP contribution in [0.2, 0.25) is 10.0 Å². The van der Waals surface area contributed by atoms with Gasteiger partial charge in [0.1, 0.15) is 0 Å². The Balaban J connectivity index is 1.99. The van der Waals surface area contributed by atoms with E-state index in [0.29, 0.717) is 10.6 Å². The fourth-order valence-electron chi connectivity index (χ4n) is 2.09. The van der Waals surface area contributed by atoms with E-state index in [9.17, 15) is 14.9 Å². The van der Waals surface area contributed by atoms with Crippen molar-refractivity contribution in [1.82, 2.24) is 0 Å². The highest BCUT2D eigenvalue weighted by molar-refractivity contribution is 6.31. The third-order valence-corrected chi connectivity index (χ3v) is 3.57. The van der Waals surface area contributed by atoms with Crippen LogP contribution in [0.15, 0.2) is 53.2 Å². The van der Waals surface area contributed by atoms with Gasteiger partial charge < -0.3 is 4.74 Å². The van der Waals surface area contributed by atoms with Gasteiger partial charge in [-0.25, -0.2) is 9.79 Å². The molecule has 0 radical (unpaired) electrons. The van der Waals surface area contributed by atoms with Gasteiger partial charge in [-0.1, -0.05) is 35.3 Å².